The average molecular weight is 358 g/mol. The van der Waals surface area contributed by atoms with Crippen molar-refractivity contribution in [3.05, 3.63) is 77.4 Å². The average Bonchev–Trinajstić information content (AvgIpc) is 2.62. The summed E-state index contributed by atoms with van der Waals surface area (Å²) in [5.41, 5.74) is 0.674. The van der Waals surface area contributed by atoms with Crippen LogP contribution in [0.25, 0.3) is 0 Å². The molecule has 1 heterocycles. The van der Waals surface area contributed by atoms with Crippen molar-refractivity contribution in [2.24, 2.45) is 0 Å². The smallest absolute Gasteiger partial charge is 0.274 e. The van der Waals surface area contributed by atoms with E-state index >= 15 is 0 Å². The van der Waals surface area contributed by atoms with Gasteiger partial charge in [-0.05, 0) is 37.3 Å². The summed E-state index contributed by atoms with van der Waals surface area (Å²) in [6.45, 7) is 1.66. The van der Waals surface area contributed by atoms with E-state index in [1.165, 1.54) is 6.07 Å². The number of nitrogens with one attached hydrogen (secondary N) is 2. The minimum Gasteiger partial charge on any atom is -0.324 e. The third kappa shape index (κ3) is 3.80. The van der Waals surface area contributed by atoms with Crippen molar-refractivity contribution >= 4 is 23.2 Å². The van der Waals surface area contributed by atoms with Crippen LogP contribution in [0.3, 0.4) is 0 Å². The second kappa shape index (κ2) is 7.22. The van der Waals surface area contributed by atoms with Gasteiger partial charge in [-0.25, -0.2) is 23.1 Å². The van der Waals surface area contributed by atoms with E-state index in [1.54, 1.807) is 19.1 Å². The number of nitrogens with zero attached hydrogens (tertiary/aromatic N) is 2. The molecule has 1 aromatic heterocycles. The van der Waals surface area contributed by atoms with Crippen LogP contribution in [-0.2, 0) is 0 Å². The van der Waals surface area contributed by atoms with E-state index in [9.17, 15) is 18.0 Å². The predicted molar refractivity (Wildman–Crippen MR) is 90.8 cm³/mol. The van der Waals surface area contributed by atoms with Gasteiger partial charge in [0, 0.05) is 11.4 Å². The highest BCUT2D eigenvalue weighted by molar-refractivity contribution is 6.03. The molecule has 2 N–H and O–H groups in total. The normalized spacial score (nSPS) is 10.5. The van der Waals surface area contributed by atoms with Crippen LogP contribution in [0.5, 0.6) is 0 Å². The van der Waals surface area contributed by atoms with E-state index in [1.807, 2.05) is 18.2 Å². The van der Waals surface area contributed by atoms with Crippen molar-refractivity contribution in [3.63, 3.8) is 0 Å². The molecule has 0 saturated carbocycles. The lowest BCUT2D eigenvalue weighted by molar-refractivity contribution is 0.102. The van der Waals surface area contributed by atoms with Gasteiger partial charge in [0.1, 0.15) is 5.69 Å². The Morgan fingerprint density at radius 1 is 0.962 bits per heavy atom. The van der Waals surface area contributed by atoms with Crippen LogP contribution in [0.2, 0.25) is 0 Å². The number of amides is 1. The summed E-state index contributed by atoms with van der Waals surface area (Å²) in [6, 6.07) is 12.1. The monoisotopic (exact) mass is 358 g/mol. The highest BCUT2D eigenvalue weighted by Crippen LogP contribution is 2.20. The van der Waals surface area contributed by atoms with Crippen molar-refractivity contribution in [2.45, 2.75) is 6.92 Å². The molecule has 0 spiro atoms. The van der Waals surface area contributed by atoms with E-state index < -0.39 is 29.0 Å². The zero-order valence-corrected chi connectivity index (χ0v) is 13.6. The fraction of sp³-hybridized carbons (Fsp3) is 0.0556. The van der Waals surface area contributed by atoms with Crippen molar-refractivity contribution in [1.29, 1.82) is 0 Å². The summed E-state index contributed by atoms with van der Waals surface area (Å²) >= 11 is 0. The minimum atomic E-state index is -1.66. The standard InChI is InChI=1S/C18H13F3N4O/c1-10-9-14(25-18(22-10)23-11-5-3-2-4-6-11)17(26)24-13-8-7-12(19)15(20)16(13)21/h2-9H,1H3,(H,24,26)(H,22,23,25). The highest BCUT2D eigenvalue weighted by Gasteiger charge is 2.17. The molecule has 0 aliphatic rings. The molecule has 3 aromatic rings. The molecule has 132 valence electrons. The molecular formula is C18H13F3N4O. The first-order chi connectivity index (χ1) is 12.4. The summed E-state index contributed by atoms with van der Waals surface area (Å²) in [5, 5.41) is 5.12. The zero-order valence-electron chi connectivity index (χ0n) is 13.6. The topological polar surface area (TPSA) is 66.9 Å². The minimum absolute atomic E-state index is 0.0555. The second-order valence-electron chi connectivity index (χ2n) is 5.39. The summed E-state index contributed by atoms with van der Waals surface area (Å²) in [6.07, 6.45) is 0. The molecule has 5 nitrogen and oxygen atoms in total. The molecule has 2 aromatic carbocycles. The van der Waals surface area contributed by atoms with E-state index in [-0.39, 0.29) is 11.6 Å². The number of para-hydroxylation sites is 1. The third-order valence-electron chi connectivity index (χ3n) is 3.40. The number of aromatic nitrogens is 2. The fourth-order valence-corrected chi connectivity index (χ4v) is 2.20. The molecular weight excluding hydrogens is 345 g/mol. The predicted octanol–water partition coefficient (Wildman–Crippen LogP) is 4.20. The largest absolute Gasteiger partial charge is 0.324 e. The Bertz CT molecular complexity index is 964. The number of carbonyl (C=O) groups excluding carboxylic acids is 1. The molecule has 26 heavy (non-hydrogen) atoms. The Hall–Kier alpha value is -3.42. The second-order valence-corrected chi connectivity index (χ2v) is 5.39. The van der Waals surface area contributed by atoms with Crippen molar-refractivity contribution in [2.75, 3.05) is 10.6 Å². The van der Waals surface area contributed by atoms with Gasteiger partial charge in [0.25, 0.3) is 5.91 Å². The maximum absolute atomic E-state index is 13.7. The molecule has 0 saturated heterocycles. The van der Waals surface area contributed by atoms with E-state index in [0.717, 1.165) is 17.8 Å². The molecule has 0 fully saturated rings. The van der Waals surface area contributed by atoms with E-state index in [4.69, 9.17) is 0 Å². The van der Waals surface area contributed by atoms with Gasteiger partial charge >= 0.3 is 0 Å². The van der Waals surface area contributed by atoms with Crippen LogP contribution >= 0.6 is 0 Å². The summed E-state index contributed by atoms with van der Waals surface area (Å²) in [4.78, 5) is 20.6. The lowest BCUT2D eigenvalue weighted by Crippen LogP contribution is -2.17. The summed E-state index contributed by atoms with van der Waals surface area (Å²) < 4.78 is 40.0. The summed E-state index contributed by atoms with van der Waals surface area (Å²) in [7, 11) is 0. The number of benzene rings is 2. The first kappa shape index (κ1) is 17.4. The van der Waals surface area contributed by atoms with Crippen LogP contribution < -0.4 is 10.6 Å². The van der Waals surface area contributed by atoms with Crippen molar-refractivity contribution in [1.82, 2.24) is 9.97 Å². The molecule has 0 unspecified atom stereocenters. The van der Waals surface area contributed by atoms with Crippen molar-refractivity contribution < 1.29 is 18.0 Å². The lowest BCUT2D eigenvalue weighted by Gasteiger charge is -2.10. The van der Waals surface area contributed by atoms with Crippen LogP contribution in [0.1, 0.15) is 16.2 Å². The number of anilines is 3. The highest BCUT2D eigenvalue weighted by atomic mass is 19.2. The van der Waals surface area contributed by atoms with Gasteiger partial charge < -0.3 is 10.6 Å². The quantitative estimate of drug-likeness (QED) is 0.686. The van der Waals surface area contributed by atoms with Gasteiger partial charge in [0.05, 0.1) is 5.69 Å². The number of aryl methyl sites for hydroxylation is 1. The Balaban J connectivity index is 1.85. The molecule has 0 radical (unpaired) electrons. The number of rotatable bonds is 4. The number of hydrogen-bond donors (Lipinski definition) is 2. The number of carbonyl (C=O) groups is 1. The fourth-order valence-electron chi connectivity index (χ4n) is 2.20. The number of halogens is 3. The van der Waals surface area contributed by atoms with E-state index in [2.05, 4.69) is 20.6 Å². The van der Waals surface area contributed by atoms with Gasteiger partial charge in [-0.15, -0.1) is 0 Å². The third-order valence-corrected chi connectivity index (χ3v) is 3.40. The van der Waals surface area contributed by atoms with Gasteiger partial charge in [0.2, 0.25) is 5.95 Å². The number of hydrogen-bond acceptors (Lipinski definition) is 4. The molecule has 0 bridgehead atoms. The van der Waals surface area contributed by atoms with Gasteiger partial charge in [-0.2, -0.15) is 0 Å². The van der Waals surface area contributed by atoms with Gasteiger partial charge in [0.15, 0.2) is 17.5 Å². The zero-order chi connectivity index (χ0) is 18.7. The van der Waals surface area contributed by atoms with Crippen LogP contribution in [0, 0.1) is 24.4 Å². The molecule has 3 rings (SSSR count). The molecule has 0 aliphatic carbocycles. The van der Waals surface area contributed by atoms with Crippen molar-refractivity contribution in [3.8, 4) is 0 Å². The Labute approximate surface area is 146 Å². The maximum atomic E-state index is 13.7. The van der Waals surface area contributed by atoms with E-state index in [0.29, 0.717) is 5.69 Å². The first-order valence-electron chi connectivity index (χ1n) is 7.56. The maximum Gasteiger partial charge on any atom is 0.274 e. The molecule has 0 atom stereocenters. The lowest BCUT2D eigenvalue weighted by atomic mass is 10.2. The molecule has 8 heteroatoms. The summed E-state index contributed by atoms with van der Waals surface area (Å²) in [5.74, 6) is -5.09. The Morgan fingerprint density at radius 3 is 2.42 bits per heavy atom. The van der Waals surface area contributed by atoms with Crippen LogP contribution in [0.4, 0.5) is 30.5 Å². The Morgan fingerprint density at radius 2 is 1.69 bits per heavy atom. The van der Waals surface area contributed by atoms with Crippen LogP contribution in [-0.4, -0.2) is 15.9 Å². The molecule has 1 amide bonds. The Kier molecular flexibility index (Phi) is 4.83. The van der Waals surface area contributed by atoms with Crippen LogP contribution in [0.15, 0.2) is 48.5 Å². The molecule has 0 aliphatic heterocycles. The SMILES string of the molecule is Cc1cc(C(=O)Nc2ccc(F)c(F)c2F)nc(Nc2ccccc2)n1. The first-order valence-corrected chi connectivity index (χ1v) is 7.56. The van der Waals surface area contributed by atoms with Gasteiger partial charge in [-0.1, -0.05) is 18.2 Å². The van der Waals surface area contributed by atoms with Gasteiger partial charge in [-0.3, -0.25) is 4.79 Å².